The number of hydrogen-bond acceptors (Lipinski definition) is 3. The first-order valence-corrected chi connectivity index (χ1v) is 13.4. The Balaban J connectivity index is 1.68. The van der Waals surface area contributed by atoms with E-state index < -0.39 is 0 Å². The molecular formula is C30H45NO2. The fraction of sp³-hybridized carbons (Fsp3) is 0.600. The Labute approximate surface area is 202 Å². The third kappa shape index (κ3) is 11.5. The summed E-state index contributed by atoms with van der Waals surface area (Å²) in [6, 6.07) is 12.0. The molecule has 0 N–H and O–H groups in total. The van der Waals surface area contributed by atoms with Crippen LogP contribution in [-0.2, 0) is 11.2 Å². The van der Waals surface area contributed by atoms with Gasteiger partial charge in [-0.05, 0) is 61.1 Å². The van der Waals surface area contributed by atoms with Crippen molar-refractivity contribution in [1.29, 1.82) is 0 Å². The van der Waals surface area contributed by atoms with E-state index in [0.717, 1.165) is 36.4 Å². The normalized spacial score (nSPS) is 12.0. The van der Waals surface area contributed by atoms with Crippen LogP contribution in [0.4, 0.5) is 0 Å². The summed E-state index contributed by atoms with van der Waals surface area (Å²) in [7, 11) is 0. The molecule has 0 aliphatic heterocycles. The van der Waals surface area contributed by atoms with Crippen molar-refractivity contribution in [3.8, 4) is 17.0 Å². The van der Waals surface area contributed by atoms with Crippen LogP contribution in [0.25, 0.3) is 11.3 Å². The zero-order valence-corrected chi connectivity index (χ0v) is 21.3. The number of carbonyl (C=O) groups is 1. The number of unbranched alkanes of at least 4 members (excludes halogenated alkanes) is 8. The molecule has 2 rings (SSSR count). The second-order valence-corrected chi connectivity index (χ2v) is 9.53. The lowest BCUT2D eigenvalue weighted by molar-refractivity contribution is -0.134. The monoisotopic (exact) mass is 451 g/mol. The quantitative estimate of drug-likeness (QED) is 0.137. The minimum atomic E-state index is -0.143. The summed E-state index contributed by atoms with van der Waals surface area (Å²) < 4.78 is 5.49. The van der Waals surface area contributed by atoms with E-state index in [0.29, 0.717) is 12.2 Å². The Morgan fingerprint density at radius 3 is 2.18 bits per heavy atom. The van der Waals surface area contributed by atoms with Gasteiger partial charge in [0.1, 0.15) is 5.75 Å². The highest BCUT2D eigenvalue weighted by Gasteiger charge is 2.07. The Kier molecular flexibility index (Phi) is 13.5. The van der Waals surface area contributed by atoms with E-state index in [2.05, 4.69) is 37.9 Å². The SMILES string of the molecule is CCCCCCCCCCc1ccc(-c2ccc(OC(=O)CCCCC(C)CC)cc2)nc1. The van der Waals surface area contributed by atoms with E-state index in [9.17, 15) is 4.79 Å². The van der Waals surface area contributed by atoms with Crippen LogP contribution < -0.4 is 4.74 Å². The van der Waals surface area contributed by atoms with Gasteiger partial charge in [0, 0.05) is 18.2 Å². The summed E-state index contributed by atoms with van der Waals surface area (Å²) in [4.78, 5) is 16.7. The molecule has 1 unspecified atom stereocenters. The molecule has 0 fully saturated rings. The van der Waals surface area contributed by atoms with Gasteiger partial charge in [0.15, 0.2) is 0 Å². The number of hydrogen-bond donors (Lipinski definition) is 0. The fourth-order valence-corrected chi connectivity index (χ4v) is 4.05. The zero-order valence-electron chi connectivity index (χ0n) is 21.3. The summed E-state index contributed by atoms with van der Waals surface area (Å²) in [6.45, 7) is 6.74. The van der Waals surface area contributed by atoms with Crippen LogP contribution in [0.5, 0.6) is 5.75 Å². The number of carbonyl (C=O) groups excluding carboxylic acids is 1. The molecule has 2 aromatic rings. The predicted molar refractivity (Wildman–Crippen MR) is 140 cm³/mol. The Morgan fingerprint density at radius 2 is 1.55 bits per heavy atom. The van der Waals surface area contributed by atoms with E-state index in [1.165, 1.54) is 69.8 Å². The molecule has 3 nitrogen and oxygen atoms in total. The van der Waals surface area contributed by atoms with Crippen molar-refractivity contribution in [3.05, 3.63) is 48.2 Å². The van der Waals surface area contributed by atoms with Gasteiger partial charge in [0.25, 0.3) is 0 Å². The van der Waals surface area contributed by atoms with Gasteiger partial charge >= 0.3 is 5.97 Å². The molecule has 1 heterocycles. The number of ether oxygens (including phenoxy) is 1. The molecule has 3 heteroatoms. The highest BCUT2D eigenvalue weighted by molar-refractivity contribution is 5.72. The molecule has 0 saturated carbocycles. The van der Waals surface area contributed by atoms with Crippen LogP contribution >= 0.6 is 0 Å². The first kappa shape index (κ1) is 27.1. The van der Waals surface area contributed by atoms with Gasteiger partial charge in [-0.15, -0.1) is 0 Å². The highest BCUT2D eigenvalue weighted by atomic mass is 16.5. The van der Waals surface area contributed by atoms with Crippen LogP contribution in [0.15, 0.2) is 42.6 Å². The Hall–Kier alpha value is -2.16. The molecule has 0 aliphatic rings. The lowest BCUT2D eigenvalue weighted by Gasteiger charge is -2.08. The van der Waals surface area contributed by atoms with E-state index in [4.69, 9.17) is 4.74 Å². The molecule has 33 heavy (non-hydrogen) atoms. The number of nitrogens with zero attached hydrogens (tertiary/aromatic N) is 1. The second-order valence-electron chi connectivity index (χ2n) is 9.53. The van der Waals surface area contributed by atoms with Crippen LogP contribution in [0.3, 0.4) is 0 Å². The molecule has 1 atom stereocenters. The Morgan fingerprint density at radius 1 is 0.848 bits per heavy atom. The maximum absolute atomic E-state index is 12.1. The van der Waals surface area contributed by atoms with Gasteiger partial charge < -0.3 is 4.74 Å². The van der Waals surface area contributed by atoms with Gasteiger partial charge in [-0.3, -0.25) is 9.78 Å². The molecule has 1 aromatic carbocycles. The molecule has 0 radical (unpaired) electrons. The van der Waals surface area contributed by atoms with Crippen molar-refractivity contribution >= 4 is 5.97 Å². The third-order valence-corrected chi connectivity index (χ3v) is 6.55. The topological polar surface area (TPSA) is 39.2 Å². The van der Waals surface area contributed by atoms with Gasteiger partial charge in [-0.1, -0.05) is 91.0 Å². The van der Waals surface area contributed by atoms with Gasteiger partial charge in [-0.2, -0.15) is 0 Å². The summed E-state index contributed by atoms with van der Waals surface area (Å²) in [6.07, 6.45) is 18.7. The highest BCUT2D eigenvalue weighted by Crippen LogP contribution is 2.22. The number of aromatic nitrogens is 1. The van der Waals surface area contributed by atoms with Crippen molar-refractivity contribution in [3.63, 3.8) is 0 Å². The number of rotatable bonds is 17. The van der Waals surface area contributed by atoms with Crippen molar-refractivity contribution in [2.75, 3.05) is 0 Å². The third-order valence-electron chi connectivity index (χ3n) is 6.55. The number of esters is 1. The van der Waals surface area contributed by atoms with Gasteiger partial charge in [0.05, 0.1) is 5.69 Å². The first-order chi connectivity index (χ1) is 16.1. The van der Waals surface area contributed by atoms with E-state index in [1.807, 2.05) is 30.5 Å². The van der Waals surface area contributed by atoms with Crippen molar-refractivity contribution < 1.29 is 9.53 Å². The second kappa shape index (κ2) is 16.5. The fourth-order valence-electron chi connectivity index (χ4n) is 4.05. The van der Waals surface area contributed by atoms with E-state index in [-0.39, 0.29) is 5.97 Å². The molecule has 0 aliphatic carbocycles. The molecule has 0 spiro atoms. The first-order valence-electron chi connectivity index (χ1n) is 13.4. The molecule has 182 valence electrons. The smallest absolute Gasteiger partial charge is 0.311 e. The summed E-state index contributed by atoms with van der Waals surface area (Å²) >= 11 is 0. The van der Waals surface area contributed by atoms with Gasteiger partial charge in [-0.25, -0.2) is 0 Å². The van der Waals surface area contributed by atoms with Gasteiger partial charge in [0.2, 0.25) is 0 Å². The molecular weight excluding hydrogens is 406 g/mol. The lowest BCUT2D eigenvalue weighted by atomic mass is 10.0. The van der Waals surface area contributed by atoms with Crippen LogP contribution in [0, 0.1) is 5.92 Å². The van der Waals surface area contributed by atoms with E-state index in [1.54, 1.807) is 0 Å². The average Bonchev–Trinajstić information content (AvgIpc) is 2.84. The standard InChI is InChI=1S/C30H45NO2/c1-4-6-7-8-9-10-11-12-16-26-18-23-29(31-24-26)27-19-21-28(22-20-27)33-30(32)17-14-13-15-25(3)5-2/h18-25H,4-17H2,1-3H3. The Bertz CT molecular complexity index is 767. The summed E-state index contributed by atoms with van der Waals surface area (Å²) in [5, 5.41) is 0. The predicted octanol–water partition coefficient (Wildman–Crippen LogP) is 8.94. The lowest BCUT2D eigenvalue weighted by Crippen LogP contribution is -2.07. The average molecular weight is 452 g/mol. The number of benzene rings is 1. The molecule has 1 aromatic heterocycles. The maximum atomic E-state index is 12.1. The molecule has 0 bridgehead atoms. The summed E-state index contributed by atoms with van der Waals surface area (Å²) in [5.41, 5.74) is 3.31. The van der Waals surface area contributed by atoms with Crippen LogP contribution in [0.1, 0.15) is 110 Å². The number of pyridine rings is 1. The van der Waals surface area contributed by atoms with Crippen LogP contribution in [-0.4, -0.2) is 11.0 Å². The van der Waals surface area contributed by atoms with Crippen molar-refractivity contribution in [2.45, 2.75) is 111 Å². The number of aryl methyl sites for hydroxylation is 1. The largest absolute Gasteiger partial charge is 0.427 e. The van der Waals surface area contributed by atoms with Crippen molar-refractivity contribution in [1.82, 2.24) is 4.98 Å². The maximum Gasteiger partial charge on any atom is 0.311 e. The molecule has 0 amide bonds. The zero-order chi connectivity index (χ0) is 23.7. The van der Waals surface area contributed by atoms with Crippen LogP contribution in [0.2, 0.25) is 0 Å². The summed E-state index contributed by atoms with van der Waals surface area (Å²) in [5.74, 6) is 1.20. The minimum Gasteiger partial charge on any atom is -0.427 e. The minimum absolute atomic E-state index is 0.143. The molecule has 0 saturated heterocycles. The van der Waals surface area contributed by atoms with Crippen molar-refractivity contribution in [2.24, 2.45) is 5.92 Å². The van der Waals surface area contributed by atoms with E-state index >= 15 is 0 Å².